The smallest absolute Gasteiger partial charge is 0.306 e. The number of ether oxygens (including phenoxy) is 3. The first-order chi connectivity index (χ1) is 37.0. The van der Waals surface area contributed by atoms with E-state index in [1.165, 1.54) is 218 Å². The van der Waals surface area contributed by atoms with Gasteiger partial charge in [0.15, 0.2) is 6.10 Å². The largest absolute Gasteiger partial charge is 0.462 e. The summed E-state index contributed by atoms with van der Waals surface area (Å²) < 4.78 is 16.9. The molecule has 0 bridgehead atoms. The van der Waals surface area contributed by atoms with Crippen LogP contribution >= 0.6 is 0 Å². The molecule has 0 N–H and O–H groups in total. The van der Waals surface area contributed by atoms with Gasteiger partial charge in [-0.3, -0.25) is 14.4 Å². The summed E-state index contributed by atoms with van der Waals surface area (Å²) in [4.78, 5) is 38.3. The summed E-state index contributed by atoms with van der Waals surface area (Å²) in [7, 11) is 0. The van der Waals surface area contributed by atoms with Gasteiger partial charge >= 0.3 is 17.9 Å². The molecule has 0 spiro atoms. The van der Waals surface area contributed by atoms with Gasteiger partial charge in [-0.1, -0.05) is 293 Å². The fraction of sp³-hybridized carbons (Fsp3) is 0.812. The Bertz CT molecular complexity index is 1340. The van der Waals surface area contributed by atoms with Gasteiger partial charge in [0, 0.05) is 19.3 Å². The second-order valence-corrected chi connectivity index (χ2v) is 22.0. The van der Waals surface area contributed by atoms with Crippen molar-refractivity contribution in [3.05, 3.63) is 60.8 Å². The van der Waals surface area contributed by atoms with Crippen molar-refractivity contribution in [2.75, 3.05) is 13.2 Å². The molecular weight excluding hydrogens is 925 g/mol. The van der Waals surface area contributed by atoms with E-state index in [0.717, 1.165) is 83.5 Å². The Labute approximate surface area is 466 Å². The molecular formula is C69H124O6. The molecule has 0 aliphatic rings. The third kappa shape index (κ3) is 61.8. The number of carbonyl (C=O) groups excluding carboxylic acids is 3. The zero-order valence-corrected chi connectivity index (χ0v) is 50.1. The quantitative estimate of drug-likeness (QED) is 0.0261. The third-order valence-corrected chi connectivity index (χ3v) is 14.5. The molecule has 0 aromatic heterocycles. The zero-order chi connectivity index (χ0) is 54.3. The maximum Gasteiger partial charge on any atom is 0.306 e. The second-order valence-electron chi connectivity index (χ2n) is 22.0. The molecule has 436 valence electrons. The lowest BCUT2D eigenvalue weighted by Crippen LogP contribution is -2.30. The Morgan fingerprint density at radius 3 is 0.773 bits per heavy atom. The Morgan fingerprint density at radius 2 is 0.480 bits per heavy atom. The lowest BCUT2D eigenvalue weighted by Gasteiger charge is -2.18. The number of rotatable bonds is 60. The van der Waals surface area contributed by atoms with Crippen LogP contribution in [0.2, 0.25) is 0 Å². The van der Waals surface area contributed by atoms with Gasteiger partial charge in [-0.25, -0.2) is 0 Å². The van der Waals surface area contributed by atoms with E-state index in [-0.39, 0.29) is 31.1 Å². The molecule has 0 rings (SSSR count). The lowest BCUT2D eigenvalue weighted by atomic mass is 10.0. The van der Waals surface area contributed by atoms with Crippen LogP contribution in [0.1, 0.15) is 342 Å². The number of allylic oxidation sites excluding steroid dienone is 10. The van der Waals surface area contributed by atoms with Crippen LogP contribution in [0.25, 0.3) is 0 Å². The molecule has 0 aliphatic heterocycles. The van der Waals surface area contributed by atoms with E-state index >= 15 is 0 Å². The van der Waals surface area contributed by atoms with Crippen molar-refractivity contribution < 1.29 is 28.6 Å². The van der Waals surface area contributed by atoms with E-state index in [1.54, 1.807) is 0 Å². The molecule has 6 heteroatoms. The summed E-state index contributed by atoms with van der Waals surface area (Å²) in [5.41, 5.74) is 0. The first kappa shape index (κ1) is 72.1. The minimum Gasteiger partial charge on any atom is -0.462 e. The van der Waals surface area contributed by atoms with Gasteiger partial charge in [0.2, 0.25) is 0 Å². The Morgan fingerprint density at radius 1 is 0.267 bits per heavy atom. The molecule has 75 heavy (non-hydrogen) atoms. The van der Waals surface area contributed by atoms with Gasteiger partial charge in [-0.2, -0.15) is 0 Å². The molecule has 0 aromatic rings. The van der Waals surface area contributed by atoms with Gasteiger partial charge in [-0.05, 0) is 89.9 Å². The number of hydrogen-bond acceptors (Lipinski definition) is 6. The average Bonchev–Trinajstić information content (AvgIpc) is 3.41. The normalized spacial score (nSPS) is 12.4. The molecule has 0 fully saturated rings. The highest BCUT2D eigenvalue weighted by Gasteiger charge is 2.19. The second kappa shape index (κ2) is 63.6. The summed E-state index contributed by atoms with van der Waals surface area (Å²) >= 11 is 0. The van der Waals surface area contributed by atoms with Crippen molar-refractivity contribution in [1.29, 1.82) is 0 Å². The number of esters is 3. The number of hydrogen-bond donors (Lipinski definition) is 0. The molecule has 1 atom stereocenters. The minimum absolute atomic E-state index is 0.0762. The van der Waals surface area contributed by atoms with Crippen molar-refractivity contribution in [3.63, 3.8) is 0 Å². The van der Waals surface area contributed by atoms with Crippen molar-refractivity contribution in [3.8, 4) is 0 Å². The number of carbonyl (C=O) groups is 3. The Hall–Kier alpha value is -2.89. The SMILES string of the molecule is CCCCC/C=C\C/C=C\C/C=C\CCCCCCCCC(=O)OC(COC(=O)CCCCCCCCCCCCCCC)COC(=O)CCCCCCCCCCCCCCC/C=C\C/C=C\CCCCCCC. The number of unbranched alkanes of at least 4 members (excludes halogenated alkanes) is 39. The third-order valence-electron chi connectivity index (χ3n) is 14.5. The zero-order valence-electron chi connectivity index (χ0n) is 50.1. The van der Waals surface area contributed by atoms with Gasteiger partial charge in [-0.15, -0.1) is 0 Å². The Kier molecular flexibility index (Phi) is 61.2. The minimum atomic E-state index is -0.780. The van der Waals surface area contributed by atoms with E-state index in [1.807, 2.05) is 0 Å². The highest BCUT2D eigenvalue weighted by Crippen LogP contribution is 2.17. The molecule has 1 unspecified atom stereocenters. The Balaban J connectivity index is 4.29. The fourth-order valence-corrected chi connectivity index (χ4v) is 9.54. The van der Waals surface area contributed by atoms with Crippen LogP contribution in [0.5, 0.6) is 0 Å². The summed E-state index contributed by atoms with van der Waals surface area (Å²) in [6, 6.07) is 0. The maximum atomic E-state index is 12.9. The maximum absolute atomic E-state index is 12.9. The highest BCUT2D eigenvalue weighted by molar-refractivity contribution is 5.71. The summed E-state index contributed by atoms with van der Waals surface area (Å²) in [5, 5.41) is 0. The molecule has 0 radical (unpaired) electrons. The predicted molar refractivity (Wildman–Crippen MR) is 325 cm³/mol. The van der Waals surface area contributed by atoms with E-state index in [2.05, 4.69) is 81.5 Å². The molecule has 0 heterocycles. The van der Waals surface area contributed by atoms with E-state index < -0.39 is 6.10 Å². The standard InChI is InChI=1S/C69H124O6/c1-4-7-10-13-16-19-22-25-27-29-31-32-33-34-35-36-38-39-41-44-47-50-53-56-59-62-68(71)74-65-66(64-73-67(70)61-58-55-52-49-46-43-24-21-18-15-12-9-6-3)75-69(72)63-60-57-54-51-48-45-42-40-37-30-28-26-23-20-17-14-11-8-5-2/h17,20,22,25-26,28-29,31,37,40,66H,4-16,18-19,21,23-24,27,30,32-36,38-39,41-65H2,1-3H3/b20-17-,25-22-,28-26-,31-29-,40-37-. The van der Waals surface area contributed by atoms with Crippen molar-refractivity contribution in [2.24, 2.45) is 0 Å². The van der Waals surface area contributed by atoms with Gasteiger partial charge < -0.3 is 14.2 Å². The molecule has 0 saturated carbocycles. The summed E-state index contributed by atoms with van der Waals surface area (Å²) in [6.07, 6.45) is 80.8. The van der Waals surface area contributed by atoms with Crippen LogP contribution in [-0.2, 0) is 28.6 Å². The van der Waals surface area contributed by atoms with Crippen molar-refractivity contribution >= 4 is 17.9 Å². The average molecular weight is 1050 g/mol. The fourth-order valence-electron chi connectivity index (χ4n) is 9.54. The first-order valence-corrected chi connectivity index (χ1v) is 32.8. The van der Waals surface area contributed by atoms with Gasteiger partial charge in [0.25, 0.3) is 0 Å². The van der Waals surface area contributed by atoms with E-state index in [9.17, 15) is 14.4 Å². The van der Waals surface area contributed by atoms with Crippen LogP contribution in [0.4, 0.5) is 0 Å². The lowest BCUT2D eigenvalue weighted by molar-refractivity contribution is -0.167. The first-order valence-electron chi connectivity index (χ1n) is 32.8. The van der Waals surface area contributed by atoms with E-state index in [0.29, 0.717) is 19.3 Å². The van der Waals surface area contributed by atoms with Crippen LogP contribution in [0.15, 0.2) is 60.8 Å². The van der Waals surface area contributed by atoms with Gasteiger partial charge in [0.05, 0.1) is 0 Å². The van der Waals surface area contributed by atoms with Crippen LogP contribution in [0.3, 0.4) is 0 Å². The molecule has 0 aliphatic carbocycles. The molecule has 0 amide bonds. The molecule has 6 nitrogen and oxygen atoms in total. The predicted octanol–water partition coefficient (Wildman–Crippen LogP) is 22.3. The van der Waals surface area contributed by atoms with Gasteiger partial charge in [0.1, 0.15) is 13.2 Å². The molecule has 0 aromatic carbocycles. The van der Waals surface area contributed by atoms with Crippen LogP contribution < -0.4 is 0 Å². The van der Waals surface area contributed by atoms with E-state index in [4.69, 9.17) is 14.2 Å². The summed E-state index contributed by atoms with van der Waals surface area (Å²) in [5.74, 6) is -0.871. The highest BCUT2D eigenvalue weighted by atomic mass is 16.6. The molecule has 0 saturated heterocycles. The monoisotopic (exact) mass is 1050 g/mol. The van der Waals surface area contributed by atoms with Crippen molar-refractivity contribution in [2.45, 2.75) is 348 Å². The van der Waals surface area contributed by atoms with Crippen LogP contribution in [0, 0.1) is 0 Å². The summed E-state index contributed by atoms with van der Waals surface area (Å²) in [6.45, 7) is 6.64. The topological polar surface area (TPSA) is 78.9 Å². The van der Waals surface area contributed by atoms with Crippen LogP contribution in [-0.4, -0.2) is 37.2 Å². The van der Waals surface area contributed by atoms with Crippen molar-refractivity contribution in [1.82, 2.24) is 0 Å².